The van der Waals surface area contributed by atoms with E-state index in [0.29, 0.717) is 19.5 Å². The third-order valence-electron chi connectivity index (χ3n) is 3.54. The molecular weight excluding hydrogens is 218 g/mol. The van der Waals surface area contributed by atoms with Gasteiger partial charge in [0.2, 0.25) is 5.91 Å². The summed E-state index contributed by atoms with van der Waals surface area (Å²) in [4.78, 5) is 24.1. The molecule has 2 rings (SSSR count). The number of likely N-dealkylation sites (tertiary alicyclic amines) is 1. The number of carbonyl (C=O) groups is 2. The van der Waals surface area contributed by atoms with Crippen molar-refractivity contribution in [2.45, 2.75) is 38.5 Å². The van der Waals surface area contributed by atoms with Gasteiger partial charge in [-0.05, 0) is 25.7 Å². The Kier molecular flexibility index (Phi) is 3.82. The van der Waals surface area contributed by atoms with Gasteiger partial charge in [0.25, 0.3) is 0 Å². The van der Waals surface area contributed by atoms with Crippen molar-refractivity contribution < 1.29 is 14.7 Å². The summed E-state index contributed by atoms with van der Waals surface area (Å²) < 4.78 is 0. The van der Waals surface area contributed by atoms with Crippen LogP contribution in [0.3, 0.4) is 0 Å². The molecule has 17 heavy (non-hydrogen) atoms. The molecule has 0 unspecified atom stereocenters. The van der Waals surface area contributed by atoms with Gasteiger partial charge >= 0.3 is 5.97 Å². The minimum Gasteiger partial charge on any atom is -0.481 e. The number of aliphatic carboxylic acids is 1. The number of carboxylic acid groups (broad SMARTS) is 1. The molecule has 0 radical (unpaired) electrons. The summed E-state index contributed by atoms with van der Waals surface area (Å²) in [6.07, 6.45) is 7.51. The summed E-state index contributed by atoms with van der Waals surface area (Å²) in [5.74, 6) is -0.436. The van der Waals surface area contributed by atoms with Crippen molar-refractivity contribution in [2.24, 2.45) is 5.92 Å². The van der Waals surface area contributed by atoms with Gasteiger partial charge in [0.15, 0.2) is 0 Å². The van der Waals surface area contributed by atoms with E-state index in [1.165, 1.54) is 18.4 Å². The van der Waals surface area contributed by atoms with Crippen LogP contribution in [-0.4, -0.2) is 35.0 Å². The average molecular weight is 237 g/mol. The molecule has 4 heteroatoms. The van der Waals surface area contributed by atoms with E-state index >= 15 is 0 Å². The van der Waals surface area contributed by atoms with Crippen LogP contribution in [0.25, 0.3) is 0 Å². The highest BCUT2D eigenvalue weighted by Gasteiger charge is 2.31. The van der Waals surface area contributed by atoms with Gasteiger partial charge in [-0.2, -0.15) is 0 Å². The van der Waals surface area contributed by atoms with Crippen LogP contribution in [0, 0.1) is 5.92 Å². The number of carbonyl (C=O) groups excluding carboxylic acids is 1. The Morgan fingerprint density at radius 1 is 1.35 bits per heavy atom. The highest BCUT2D eigenvalue weighted by Crippen LogP contribution is 2.24. The van der Waals surface area contributed by atoms with Crippen LogP contribution in [0.15, 0.2) is 11.6 Å². The number of amides is 1. The lowest BCUT2D eigenvalue weighted by Gasteiger charge is -2.39. The molecular formula is C13H19NO3. The first kappa shape index (κ1) is 12.1. The highest BCUT2D eigenvalue weighted by molar-refractivity contribution is 5.79. The lowest BCUT2D eigenvalue weighted by Crippen LogP contribution is -2.50. The molecule has 1 N–H and O–H groups in total. The normalized spacial score (nSPS) is 20.7. The second-order valence-electron chi connectivity index (χ2n) is 5.05. The average Bonchev–Trinajstić information content (AvgIpc) is 2.23. The van der Waals surface area contributed by atoms with Crippen molar-refractivity contribution in [2.75, 3.05) is 13.1 Å². The second-order valence-corrected chi connectivity index (χ2v) is 5.05. The van der Waals surface area contributed by atoms with E-state index in [2.05, 4.69) is 6.08 Å². The molecule has 94 valence electrons. The zero-order chi connectivity index (χ0) is 12.3. The van der Waals surface area contributed by atoms with Gasteiger partial charge in [-0.25, -0.2) is 0 Å². The molecule has 0 saturated carbocycles. The van der Waals surface area contributed by atoms with Crippen molar-refractivity contribution in [3.05, 3.63) is 11.6 Å². The van der Waals surface area contributed by atoms with Crippen molar-refractivity contribution in [1.82, 2.24) is 4.90 Å². The second kappa shape index (κ2) is 5.34. The van der Waals surface area contributed by atoms with Crippen LogP contribution in [0.5, 0.6) is 0 Å². The Morgan fingerprint density at radius 2 is 2.12 bits per heavy atom. The Bertz CT molecular complexity index is 343. The lowest BCUT2D eigenvalue weighted by atomic mass is 9.93. The quantitative estimate of drug-likeness (QED) is 0.759. The third kappa shape index (κ3) is 3.32. The maximum atomic E-state index is 11.9. The lowest BCUT2D eigenvalue weighted by molar-refractivity contribution is -0.144. The van der Waals surface area contributed by atoms with Crippen LogP contribution in [0.2, 0.25) is 0 Å². The van der Waals surface area contributed by atoms with Gasteiger partial charge in [-0.3, -0.25) is 9.59 Å². The number of allylic oxidation sites excluding steroid dienone is 1. The van der Waals surface area contributed by atoms with Crippen LogP contribution >= 0.6 is 0 Å². The first-order valence-corrected chi connectivity index (χ1v) is 6.32. The number of rotatable bonds is 4. The fraction of sp³-hybridized carbons (Fsp3) is 0.692. The van der Waals surface area contributed by atoms with Crippen molar-refractivity contribution in [3.8, 4) is 0 Å². The Labute approximate surface area is 101 Å². The van der Waals surface area contributed by atoms with Crippen LogP contribution in [0.1, 0.15) is 38.5 Å². The SMILES string of the molecule is O=C(O)CC1CN(C(=O)CC2=CCCCC2)C1. The van der Waals surface area contributed by atoms with Crippen molar-refractivity contribution in [1.29, 1.82) is 0 Å². The fourth-order valence-electron chi connectivity index (χ4n) is 2.52. The van der Waals surface area contributed by atoms with Gasteiger partial charge in [0.1, 0.15) is 0 Å². The minimum absolute atomic E-state index is 0.164. The molecule has 0 aromatic carbocycles. The van der Waals surface area contributed by atoms with Crippen molar-refractivity contribution in [3.63, 3.8) is 0 Å². The maximum Gasteiger partial charge on any atom is 0.303 e. The van der Waals surface area contributed by atoms with E-state index in [1.807, 2.05) is 0 Å². The predicted octanol–water partition coefficient (Wildman–Crippen LogP) is 1.81. The largest absolute Gasteiger partial charge is 0.481 e. The Hall–Kier alpha value is -1.32. The molecule has 0 aromatic heterocycles. The fourth-order valence-corrected chi connectivity index (χ4v) is 2.52. The van der Waals surface area contributed by atoms with Crippen LogP contribution in [-0.2, 0) is 9.59 Å². The van der Waals surface area contributed by atoms with E-state index in [0.717, 1.165) is 12.8 Å². The number of carboxylic acids is 1. The summed E-state index contributed by atoms with van der Waals surface area (Å²) in [5.41, 5.74) is 1.27. The van der Waals surface area contributed by atoms with Crippen LogP contribution in [0.4, 0.5) is 0 Å². The molecule has 1 aliphatic heterocycles. The molecule has 0 spiro atoms. The zero-order valence-corrected chi connectivity index (χ0v) is 10.0. The monoisotopic (exact) mass is 237 g/mol. The summed E-state index contributed by atoms with van der Waals surface area (Å²) in [5, 5.41) is 8.62. The molecule has 4 nitrogen and oxygen atoms in total. The molecule has 1 aliphatic carbocycles. The molecule has 0 atom stereocenters. The highest BCUT2D eigenvalue weighted by atomic mass is 16.4. The van der Waals surface area contributed by atoms with Gasteiger partial charge in [0, 0.05) is 25.4 Å². The first-order chi connectivity index (χ1) is 8.15. The Balaban J connectivity index is 1.72. The smallest absolute Gasteiger partial charge is 0.303 e. The minimum atomic E-state index is -0.767. The van der Waals surface area contributed by atoms with E-state index in [4.69, 9.17) is 5.11 Å². The summed E-state index contributed by atoms with van der Waals surface area (Å²) >= 11 is 0. The molecule has 1 fully saturated rings. The molecule has 1 amide bonds. The van der Waals surface area contributed by atoms with Gasteiger partial charge in [0.05, 0.1) is 6.42 Å². The predicted molar refractivity (Wildman–Crippen MR) is 63.5 cm³/mol. The number of nitrogens with zero attached hydrogens (tertiary/aromatic N) is 1. The van der Waals surface area contributed by atoms with Gasteiger partial charge < -0.3 is 10.0 Å². The molecule has 0 bridgehead atoms. The van der Waals surface area contributed by atoms with E-state index in [9.17, 15) is 9.59 Å². The van der Waals surface area contributed by atoms with E-state index in [-0.39, 0.29) is 18.2 Å². The Morgan fingerprint density at radius 3 is 2.71 bits per heavy atom. The molecule has 1 heterocycles. The van der Waals surface area contributed by atoms with E-state index in [1.54, 1.807) is 4.90 Å². The molecule has 0 aromatic rings. The van der Waals surface area contributed by atoms with Gasteiger partial charge in [-0.1, -0.05) is 11.6 Å². The zero-order valence-electron chi connectivity index (χ0n) is 10.0. The molecule has 1 saturated heterocycles. The van der Waals surface area contributed by atoms with Gasteiger partial charge in [-0.15, -0.1) is 0 Å². The maximum absolute atomic E-state index is 11.9. The molecule has 2 aliphatic rings. The van der Waals surface area contributed by atoms with Crippen LogP contribution < -0.4 is 0 Å². The van der Waals surface area contributed by atoms with E-state index < -0.39 is 5.97 Å². The number of hydrogen-bond donors (Lipinski definition) is 1. The first-order valence-electron chi connectivity index (χ1n) is 6.32. The topological polar surface area (TPSA) is 57.6 Å². The number of hydrogen-bond acceptors (Lipinski definition) is 2. The summed E-state index contributed by atoms with van der Waals surface area (Å²) in [7, 11) is 0. The van der Waals surface area contributed by atoms with Crippen molar-refractivity contribution >= 4 is 11.9 Å². The summed E-state index contributed by atoms with van der Waals surface area (Å²) in [6, 6.07) is 0. The standard InChI is InChI=1S/C13H19NO3/c15-12(6-10-4-2-1-3-5-10)14-8-11(9-14)7-13(16)17/h4,11H,1-3,5-9H2,(H,16,17). The summed E-state index contributed by atoms with van der Waals surface area (Å²) in [6.45, 7) is 1.25. The third-order valence-corrected chi connectivity index (χ3v) is 3.54.